The van der Waals surface area contributed by atoms with Gasteiger partial charge in [-0.25, -0.2) is 0 Å². The summed E-state index contributed by atoms with van der Waals surface area (Å²) in [5.74, 6) is 0.612. The number of hydrogen-bond acceptors (Lipinski definition) is 3. The molecule has 19 heavy (non-hydrogen) atoms. The smallest absolute Gasteiger partial charge is 0.163 e. The molecule has 102 valence electrons. The summed E-state index contributed by atoms with van der Waals surface area (Å²) in [5, 5.41) is 14.9. The summed E-state index contributed by atoms with van der Waals surface area (Å²) in [7, 11) is 1.59. The van der Waals surface area contributed by atoms with Crippen molar-refractivity contribution in [3.05, 3.63) is 45.3 Å². The predicted octanol–water partition coefficient (Wildman–Crippen LogP) is 3.16. The van der Waals surface area contributed by atoms with Crippen LogP contribution in [0.25, 0.3) is 0 Å². The van der Waals surface area contributed by atoms with Crippen LogP contribution in [0.1, 0.15) is 37.3 Å². The molecule has 1 atom stereocenters. The highest BCUT2D eigenvalue weighted by molar-refractivity contribution is 14.1. The lowest BCUT2D eigenvalue weighted by molar-refractivity contribution is 0.198. The second kappa shape index (κ2) is 5.92. The fourth-order valence-electron chi connectivity index (χ4n) is 2.03. The standard InChI is InChI=1S/C14H17IN2O2/c1-9(2)17-13(12(19-3)8-16-17)14(18)10-6-4-5-7-11(10)15/h4-9,14,18H,1-3H3. The van der Waals surface area contributed by atoms with Gasteiger partial charge in [0.1, 0.15) is 11.8 Å². The second-order valence-electron chi connectivity index (χ2n) is 4.56. The number of benzene rings is 1. The molecule has 0 aliphatic rings. The molecule has 0 bridgehead atoms. The summed E-state index contributed by atoms with van der Waals surface area (Å²) in [6.07, 6.45) is 0.905. The molecule has 0 radical (unpaired) electrons. The Morgan fingerprint density at radius 3 is 2.58 bits per heavy atom. The molecule has 1 heterocycles. The number of aliphatic hydroxyl groups is 1. The number of aromatic nitrogens is 2. The molecule has 0 spiro atoms. The fraction of sp³-hybridized carbons (Fsp3) is 0.357. The van der Waals surface area contributed by atoms with E-state index in [1.165, 1.54) is 0 Å². The zero-order valence-corrected chi connectivity index (χ0v) is 13.3. The summed E-state index contributed by atoms with van der Waals surface area (Å²) >= 11 is 2.22. The molecule has 0 aliphatic heterocycles. The van der Waals surface area contributed by atoms with Gasteiger partial charge in [0.25, 0.3) is 0 Å². The van der Waals surface area contributed by atoms with E-state index in [4.69, 9.17) is 4.74 Å². The summed E-state index contributed by atoms with van der Waals surface area (Å²) in [6, 6.07) is 7.93. The number of methoxy groups -OCH3 is 1. The number of aliphatic hydroxyl groups excluding tert-OH is 1. The Hall–Kier alpha value is -1.08. The first-order valence-electron chi connectivity index (χ1n) is 6.10. The first-order chi connectivity index (χ1) is 9.06. The largest absolute Gasteiger partial charge is 0.493 e. The van der Waals surface area contributed by atoms with E-state index in [1.807, 2.05) is 38.1 Å². The van der Waals surface area contributed by atoms with Crippen molar-refractivity contribution in [2.45, 2.75) is 26.0 Å². The van der Waals surface area contributed by atoms with Crippen LogP contribution < -0.4 is 4.74 Å². The number of rotatable bonds is 4. The van der Waals surface area contributed by atoms with Crippen molar-refractivity contribution in [2.24, 2.45) is 0 Å². The summed E-state index contributed by atoms with van der Waals surface area (Å²) in [4.78, 5) is 0. The highest BCUT2D eigenvalue weighted by Crippen LogP contribution is 2.33. The van der Waals surface area contributed by atoms with Crippen molar-refractivity contribution in [1.82, 2.24) is 9.78 Å². The van der Waals surface area contributed by atoms with Gasteiger partial charge in [0.15, 0.2) is 5.75 Å². The van der Waals surface area contributed by atoms with Crippen molar-refractivity contribution in [2.75, 3.05) is 7.11 Å². The van der Waals surface area contributed by atoms with Crippen LogP contribution in [0.3, 0.4) is 0 Å². The Bertz CT molecular complexity index is 566. The van der Waals surface area contributed by atoms with Crippen molar-refractivity contribution in [1.29, 1.82) is 0 Å². The van der Waals surface area contributed by atoms with Crippen molar-refractivity contribution < 1.29 is 9.84 Å². The molecule has 2 rings (SSSR count). The van der Waals surface area contributed by atoms with E-state index in [0.717, 1.165) is 9.13 Å². The molecule has 2 aromatic rings. The second-order valence-corrected chi connectivity index (χ2v) is 5.72. The Balaban J connectivity index is 2.52. The average molecular weight is 372 g/mol. The minimum absolute atomic E-state index is 0.162. The van der Waals surface area contributed by atoms with Gasteiger partial charge >= 0.3 is 0 Å². The normalized spacial score (nSPS) is 12.7. The maximum atomic E-state index is 10.7. The van der Waals surface area contributed by atoms with E-state index in [-0.39, 0.29) is 6.04 Å². The maximum absolute atomic E-state index is 10.7. The van der Waals surface area contributed by atoms with Gasteiger partial charge in [0, 0.05) is 9.61 Å². The molecule has 0 saturated heterocycles. The van der Waals surface area contributed by atoms with Gasteiger partial charge in [-0.2, -0.15) is 5.10 Å². The van der Waals surface area contributed by atoms with Gasteiger partial charge in [-0.3, -0.25) is 4.68 Å². The molecule has 1 aromatic heterocycles. The zero-order valence-electron chi connectivity index (χ0n) is 11.2. The molecule has 0 fully saturated rings. The first-order valence-corrected chi connectivity index (χ1v) is 7.18. The van der Waals surface area contributed by atoms with Crippen LogP contribution in [0.15, 0.2) is 30.5 Å². The zero-order chi connectivity index (χ0) is 14.0. The first kappa shape index (κ1) is 14.3. The monoisotopic (exact) mass is 372 g/mol. The third-order valence-corrected chi connectivity index (χ3v) is 3.95. The van der Waals surface area contributed by atoms with Crippen LogP contribution in [0.2, 0.25) is 0 Å². The molecule has 0 amide bonds. The SMILES string of the molecule is COc1cnn(C(C)C)c1C(O)c1ccccc1I. The number of nitrogens with zero attached hydrogens (tertiary/aromatic N) is 2. The maximum Gasteiger partial charge on any atom is 0.163 e. The molecular formula is C14H17IN2O2. The van der Waals surface area contributed by atoms with Crippen LogP contribution in [-0.2, 0) is 0 Å². The Labute approximate surface area is 126 Å². The van der Waals surface area contributed by atoms with Crippen LogP contribution >= 0.6 is 22.6 Å². The van der Waals surface area contributed by atoms with E-state index in [1.54, 1.807) is 18.0 Å². The summed E-state index contributed by atoms with van der Waals surface area (Å²) in [5.41, 5.74) is 1.56. The Kier molecular flexibility index (Phi) is 4.46. The van der Waals surface area contributed by atoms with Gasteiger partial charge in [-0.15, -0.1) is 0 Å². The van der Waals surface area contributed by atoms with Crippen molar-refractivity contribution >= 4 is 22.6 Å². The van der Waals surface area contributed by atoms with Crippen molar-refractivity contribution in [3.8, 4) is 5.75 Å². The minimum Gasteiger partial charge on any atom is -0.493 e. The van der Waals surface area contributed by atoms with Crippen LogP contribution in [0.4, 0.5) is 0 Å². The molecule has 0 saturated carbocycles. The highest BCUT2D eigenvalue weighted by atomic mass is 127. The van der Waals surface area contributed by atoms with Crippen LogP contribution in [0, 0.1) is 3.57 Å². The fourth-order valence-corrected chi connectivity index (χ4v) is 2.71. The molecule has 1 aromatic carbocycles. The number of halogens is 1. The summed E-state index contributed by atoms with van der Waals surface area (Å²) in [6.45, 7) is 4.05. The van der Waals surface area contributed by atoms with E-state index < -0.39 is 6.10 Å². The van der Waals surface area contributed by atoms with Gasteiger partial charge in [0.2, 0.25) is 0 Å². The molecular weight excluding hydrogens is 355 g/mol. The average Bonchev–Trinajstić information content (AvgIpc) is 2.82. The van der Waals surface area contributed by atoms with Crippen molar-refractivity contribution in [3.63, 3.8) is 0 Å². The lowest BCUT2D eigenvalue weighted by atomic mass is 10.1. The lowest BCUT2D eigenvalue weighted by Crippen LogP contribution is -2.13. The number of hydrogen-bond donors (Lipinski definition) is 1. The lowest BCUT2D eigenvalue weighted by Gasteiger charge is -2.18. The molecule has 1 unspecified atom stereocenters. The summed E-state index contributed by atoms with van der Waals surface area (Å²) < 4.78 is 8.13. The third-order valence-electron chi connectivity index (χ3n) is 2.97. The predicted molar refractivity (Wildman–Crippen MR) is 82.4 cm³/mol. The Morgan fingerprint density at radius 1 is 1.32 bits per heavy atom. The Morgan fingerprint density at radius 2 is 2.00 bits per heavy atom. The topological polar surface area (TPSA) is 47.3 Å². The highest BCUT2D eigenvalue weighted by Gasteiger charge is 2.24. The molecule has 5 heteroatoms. The van der Waals surface area contributed by atoms with Gasteiger partial charge in [0.05, 0.1) is 13.3 Å². The number of ether oxygens (including phenoxy) is 1. The minimum atomic E-state index is -0.743. The van der Waals surface area contributed by atoms with Gasteiger partial charge in [-0.05, 0) is 48.1 Å². The van der Waals surface area contributed by atoms with E-state index in [2.05, 4.69) is 27.7 Å². The molecule has 4 nitrogen and oxygen atoms in total. The van der Waals surface area contributed by atoms with Gasteiger partial charge < -0.3 is 9.84 Å². The molecule has 1 N–H and O–H groups in total. The van der Waals surface area contributed by atoms with Crippen LogP contribution in [0.5, 0.6) is 5.75 Å². The molecule has 0 aliphatic carbocycles. The van der Waals surface area contributed by atoms with E-state index >= 15 is 0 Å². The third kappa shape index (κ3) is 2.76. The van der Waals surface area contributed by atoms with Crippen LogP contribution in [-0.4, -0.2) is 22.0 Å². The quantitative estimate of drug-likeness (QED) is 0.839. The van der Waals surface area contributed by atoms with E-state index in [0.29, 0.717) is 11.4 Å². The van der Waals surface area contributed by atoms with E-state index in [9.17, 15) is 5.11 Å². The van der Waals surface area contributed by atoms with Gasteiger partial charge in [-0.1, -0.05) is 18.2 Å².